The van der Waals surface area contributed by atoms with Crippen molar-refractivity contribution in [3.05, 3.63) is 95.1 Å². The van der Waals surface area contributed by atoms with E-state index < -0.39 is 6.10 Å². The Hall–Kier alpha value is -3.55. The van der Waals surface area contributed by atoms with Gasteiger partial charge in [-0.3, -0.25) is 9.59 Å². The van der Waals surface area contributed by atoms with E-state index in [-0.39, 0.29) is 23.9 Å². The number of hydrogen-bond acceptors (Lipinski definition) is 6. The molecule has 0 spiro atoms. The number of phenolic OH excluding ortho intramolecular Hbond substituents is 1. The zero-order valence-electron chi connectivity index (χ0n) is 24.6. The second-order valence-corrected chi connectivity index (χ2v) is 11.8. The number of phenols is 1. The van der Waals surface area contributed by atoms with Crippen LogP contribution >= 0.6 is 11.8 Å². The van der Waals surface area contributed by atoms with Crippen molar-refractivity contribution in [1.29, 1.82) is 0 Å². The van der Waals surface area contributed by atoms with E-state index in [1.165, 1.54) is 6.07 Å². The molecule has 0 aliphatic heterocycles. The molecular weight excluding hydrogens is 546 g/mol. The number of ketones is 1. The Kier molecular flexibility index (Phi) is 11.7. The summed E-state index contributed by atoms with van der Waals surface area (Å²) >= 11 is 1.70. The van der Waals surface area contributed by atoms with E-state index >= 15 is 0 Å². The molecule has 42 heavy (non-hydrogen) atoms. The zero-order chi connectivity index (χ0) is 29.9. The van der Waals surface area contributed by atoms with Crippen LogP contribution in [0.2, 0.25) is 0 Å². The first-order valence-electron chi connectivity index (χ1n) is 14.8. The number of ether oxygens (including phenoxy) is 1. The number of carbonyl (C=O) groups is 2. The highest BCUT2D eigenvalue weighted by molar-refractivity contribution is 7.99. The van der Waals surface area contributed by atoms with Crippen molar-refractivity contribution < 1.29 is 24.5 Å². The molecular formula is C35H41NO5S. The van der Waals surface area contributed by atoms with Crippen LogP contribution in [0, 0.1) is 0 Å². The molecule has 1 atom stereocenters. The highest BCUT2D eigenvalue weighted by Crippen LogP contribution is 2.42. The lowest BCUT2D eigenvalue weighted by Gasteiger charge is -2.17. The number of nitrogens with zero attached hydrogens (tertiary/aromatic N) is 1. The molecule has 3 aromatic carbocycles. The number of aromatic hydroxyl groups is 1. The molecule has 0 fully saturated rings. The quantitative estimate of drug-likeness (QED) is 0.200. The maximum absolute atomic E-state index is 13.0. The van der Waals surface area contributed by atoms with Gasteiger partial charge in [0, 0.05) is 20.0 Å². The summed E-state index contributed by atoms with van der Waals surface area (Å²) in [6, 6.07) is 22.4. The van der Waals surface area contributed by atoms with Crippen LogP contribution in [0.25, 0.3) is 11.1 Å². The third-order valence-corrected chi connectivity index (χ3v) is 8.55. The van der Waals surface area contributed by atoms with Gasteiger partial charge in [0.2, 0.25) is 5.91 Å². The standard InChI is InChI=1S/C35H41NO5S/c1-3-4-19-36(2)33(39)24-42-21-10-6-9-20-41-28-16-13-26(14-17-28)34-29-18-15-27(37)22-31(29)35(40)32(38)23-30(34)25-11-7-5-8-12-25/h5,7-8,11-18,22,35,37,40H,3-4,6,9-10,19-21,23-24H2,1-2H3. The van der Waals surface area contributed by atoms with Gasteiger partial charge in [-0.15, -0.1) is 0 Å². The maximum Gasteiger partial charge on any atom is 0.232 e. The molecule has 1 aliphatic carbocycles. The predicted octanol–water partition coefficient (Wildman–Crippen LogP) is 6.90. The number of hydrogen-bond donors (Lipinski definition) is 2. The van der Waals surface area contributed by atoms with Crippen molar-refractivity contribution in [3.8, 4) is 11.5 Å². The van der Waals surface area contributed by atoms with Crippen LogP contribution in [-0.2, 0) is 9.59 Å². The fraction of sp³-hybridized carbons (Fsp3) is 0.371. The Morgan fingerprint density at radius 2 is 1.74 bits per heavy atom. The molecule has 0 radical (unpaired) electrons. The van der Waals surface area contributed by atoms with Crippen molar-refractivity contribution in [3.63, 3.8) is 0 Å². The zero-order valence-corrected chi connectivity index (χ0v) is 25.4. The van der Waals surface area contributed by atoms with E-state index in [1.807, 2.05) is 66.5 Å². The number of benzene rings is 3. The molecule has 0 saturated heterocycles. The number of aliphatic hydroxyl groups is 1. The molecule has 0 saturated carbocycles. The molecule has 0 heterocycles. The molecule has 222 valence electrons. The lowest BCUT2D eigenvalue weighted by molar-refractivity contribution is -0.127. The van der Waals surface area contributed by atoms with E-state index in [9.17, 15) is 19.8 Å². The van der Waals surface area contributed by atoms with Crippen molar-refractivity contribution >= 4 is 34.6 Å². The molecule has 7 heteroatoms. The minimum absolute atomic E-state index is 0.00829. The first-order valence-corrected chi connectivity index (χ1v) is 15.9. The molecule has 3 aromatic rings. The summed E-state index contributed by atoms with van der Waals surface area (Å²) in [7, 11) is 1.88. The van der Waals surface area contributed by atoms with Gasteiger partial charge in [-0.1, -0.05) is 61.9 Å². The average molecular weight is 588 g/mol. The lowest BCUT2D eigenvalue weighted by Crippen LogP contribution is -2.29. The number of rotatable bonds is 14. The van der Waals surface area contributed by atoms with Crippen LogP contribution < -0.4 is 4.74 Å². The Morgan fingerprint density at radius 1 is 0.976 bits per heavy atom. The van der Waals surface area contributed by atoms with Gasteiger partial charge in [-0.2, -0.15) is 11.8 Å². The summed E-state index contributed by atoms with van der Waals surface area (Å²) < 4.78 is 6.01. The van der Waals surface area contributed by atoms with E-state index in [4.69, 9.17) is 4.74 Å². The van der Waals surface area contributed by atoms with E-state index in [1.54, 1.807) is 23.9 Å². The highest BCUT2D eigenvalue weighted by Gasteiger charge is 2.30. The number of fused-ring (bicyclic) bond motifs is 1. The van der Waals surface area contributed by atoms with Crippen LogP contribution in [0.5, 0.6) is 11.5 Å². The number of thioether (sulfide) groups is 1. The fourth-order valence-electron chi connectivity index (χ4n) is 5.10. The second-order valence-electron chi connectivity index (χ2n) is 10.7. The van der Waals surface area contributed by atoms with E-state index in [0.717, 1.165) is 78.0 Å². The van der Waals surface area contributed by atoms with Crippen molar-refractivity contribution in [1.82, 2.24) is 4.90 Å². The monoisotopic (exact) mass is 587 g/mol. The highest BCUT2D eigenvalue weighted by atomic mass is 32.2. The topological polar surface area (TPSA) is 87.1 Å². The molecule has 4 rings (SSSR count). The number of amides is 1. The summed E-state index contributed by atoms with van der Waals surface area (Å²) in [4.78, 5) is 27.0. The average Bonchev–Trinajstić information content (AvgIpc) is 3.11. The molecule has 1 aliphatic rings. The Morgan fingerprint density at radius 3 is 2.48 bits per heavy atom. The van der Waals surface area contributed by atoms with E-state index in [2.05, 4.69) is 6.92 Å². The Labute approximate surface area is 253 Å². The molecule has 2 N–H and O–H groups in total. The minimum Gasteiger partial charge on any atom is -0.508 e. The second kappa shape index (κ2) is 15.6. The predicted molar refractivity (Wildman–Crippen MR) is 171 cm³/mol. The smallest absolute Gasteiger partial charge is 0.232 e. The summed E-state index contributed by atoms with van der Waals surface area (Å²) in [6.07, 6.45) is 3.94. The Balaban J connectivity index is 1.37. The van der Waals surface area contributed by atoms with Gasteiger partial charge in [-0.05, 0) is 89.1 Å². The largest absolute Gasteiger partial charge is 0.508 e. The Bertz CT molecular complexity index is 1370. The molecule has 6 nitrogen and oxygen atoms in total. The third kappa shape index (κ3) is 8.26. The van der Waals surface area contributed by atoms with Gasteiger partial charge in [0.15, 0.2) is 5.78 Å². The SMILES string of the molecule is CCCCN(C)C(=O)CSCCCCCOc1ccc(C2=C(c3ccccc3)CC(=O)C(O)c3cc(O)ccc32)cc1. The number of carbonyl (C=O) groups excluding carboxylic acids is 2. The first-order chi connectivity index (χ1) is 20.4. The van der Waals surface area contributed by atoms with Crippen LogP contribution in [0.3, 0.4) is 0 Å². The summed E-state index contributed by atoms with van der Waals surface area (Å²) in [5.74, 6) is 2.20. The third-order valence-electron chi connectivity index (χ3n) is 7.52. The van der Waals surface area contributed by atoms with Gasteiger partial charge in [0.05, 0.1) is 12.4 Å². The van der Waals surface area contributed by atoms with Gasteiger partial charge in [-0.25, -0.2) is 0 Å². The number of unbranched alkanes of at least 4 members (excludes halogenated alkanes) is 3. The molecule has 0 aromatic heterocycles. The normalized spacial score (nSPS) is 14.8. The van der Waals surface area contributed by atoms with Crippen LogP contribution in [0.1, 0.15) is 73.8 Å². The van der Waals surface area contributed by atoms with Crippen LogP contribution in [0.4, 0.5) is 0 Å². The summed E-state index contributed by atoms with van der Waals surface area (Å²) in [6.45, 7) is 3.58. The van der Waals surface area contributed by atoms with Crippen molar-refractivity contribution in [2.24, 2.45) is 0 Å². The fourth-order valence-corrected chi connectivity index (χ4v) is 6.04. The first kappa shape index (κ1) is 31.4. The van der Waals surface area contributed by atoms with Crippen LogP contribution in [0.15, 0.2) is 72.8 Å². The lowest BCUT2D eigenvalue weighted by atomic mass is 9.87. The number of Topliss-reactive ketones (excluding diaryl/α,β-unsaturated/α-hetero) is 1. The molecule has 1 unspecified atom stereocenters. The van der Waals surface area contributed by atoms with E-state index in [0.29, 0.717) is 17.9 Å². The molecule has 0 bridgehead atoms. The van der Waals surface area contributed by atoms with Gasteiger partial charge < -0.3 is 19.8 Å². The number of aliphatic hydroxyl groups excluding tert-OH is 1. The minimum atomic E-state index is -1.31. The summed E-state index contributed by atoms with van der Waals surface area (Å²) in [5.41, 5.74) is 4.66. The van der Waals surface area contributed by atoms with Gasteiger partial charge in [0.1, 0.15) is 17.6 Å². The van der Waals surface area contributed by atoms with Crippen molar-refractivity contribution in [2.75, 3.05) is 31.7 Å². The maximum atomic E-state index is 13.0. The van der Waals surface area contributed by atoms with Crippen LogP contribution in [-0.4, -0.2) is 58.5 Å². The molecule has 1 amide bonds. The van der Waals surface area contributed by atoms with Gasteiger partial charge >= 0.3 is 0 Å². The summed E-state index contributed by atoms with van der Waals surface area (Å²) in [5, 5.41) is 21.0. The van der Waals surface area contributed by atoms with Crippen molar-refractivity contribution in [2.45, 2.75) is 51.6 Å². The van der Waals surface area contributed by atoms with Gasteiger partial charge in [0.25, 0.3) is 0 Å². The number of allylic oxidation sites excluding steroid dienone is 1.